The molecule has 2 amide bonds. The molecule has 1 N–H and O–H groups in total. The summed E-state index contributed by atoms with van der Waals surface area (Å²) in [5.41, 5.74) is 1.02. The Labute approximate surface area is 126 Å². The summed E-state index contributed by atoms with van der Waals surface area (Å²) in [6, 6.07) is 1.23. The highest BCUT2D eigenvalue weighted by molar-refractivity contribution is 7.07. The Hall–Kier alpha value is -1.24. The Balaban J connectivity index is 1.84. The van der Waals surface area contributed by atoms with Crippen molar-refractivity contribution >= 4 is 17.4 Å². The molecule has 0 saturated heterocycles. The maximum Gasteiger partial charge on any atom is 0.391 e. The van der Waals surface area contributed by atoms with E-state index in [0.29, 0.717) is 19.4 Å². The number of thiophene rings is 1. The number of halogens is 3. The van der Waals surface area contributed by atoms with Gasteiger partial charge in [0.05, 0.1) is 5.92 Å². The quantitative estimate of drug-likeness (QED) is 0.896. The summed E-state index contributed by atoms with van der Waals surface area (Å²) in [7, 11) is 1.65. The summed E-state index contributed by atoms with van der Waals surface area (Å²) < 4.78 is 38.2. The normalized spacial score (nSPS) is 22.9. The number of urea groups is 1. The zero-order chi connectivity index (χ0) is 15.5. The smallest absolute Gasteiger partial charge is 0.335 e. The predicted molar refractivity (Wildman–Crippen MR) is 76.1 cm³/mol. The van der Waals surface area contributed by atoms with Crippen molar-refractivity contribution in [2.45, 2.75) is 44.4 Å². The first kappa shape index (κ1) is 16.1. The van der Waals surface area contributed by atoms with Gasteiger partial charge in [-0.25, -0.2) is 4.79 Å². The number of nitrogens with zero attached hydrogens (tertiary/aromatic N) is 1. The molecule has 7 heteroatoms. The molecule has 0 radical (unpaired) electrons. The van der Waals surface area contributed by atoms with Crippen LogP contribution in [0.4, 0.5) is 18.0 Å². The van der Waals surface area contributed by atoms with Crippen LogP contribution < -0.4 is 5.32 Å². The number of carbonyl (C=O) groups excluding carboxylic acids is 1. The summed E-state index contributed by atoms with van der Waals surface area (Å²) in [4.78, 5) is 13.5. The standard InChI is InChI=1S/C14H19F3N2OS/c1-19(8-10-5-6-21-9-10)13(20)18-12-4-2-3-11(7-12)14(15,16)17/h5-6,9,11-12H,2-4,7-8H2,1H3,(H,18,20)/t11-,12+/m1/s1. The number of alkyl halides is 3. The molecule has 0 aliphatic heterocycles. The molecule has 1 aromatic rings. The van der Waals surface area contributed by atoms with E-state index in [1.54, 1.807) is 18.4 Å². The van der Waals surface area contributed by atoms with Crippen LogP contribution in [0, 0.1) is 5.92 Å². The van der Waals surface area contributed by atoms with Gasteiger partial charge in [0, 0.05) is 19.6 Å². The van der Waals surface area contributed by atoms with Gasteiger partial charge in [-0.1, -0.05) is 6.42 Å². The molecule has 1 aliphatic rings. The summed E-state index contributed by atoms with van der Waals surface area (Å²) in [6.45, 7) is 0.463. The van der Waals surface area contributed by atoms with E-state index in [-0.39, 0.29) is 24.9 Å². The summed E-state index contributed by atoms with van der Waals surface area (Å²) in [5.74, 6) is -1.29. The largest absolute Gasteiger partial charge is 0.391 e. The van der Waals surface area contributed by atoms with Crippen molar-refractivity contribution in [3.05, 3.63) is 22.4 Å². The Kier molecular flexibility index (Phi) is 5.13. The lowest BCUT2D eigenvalue weighted by atomic mass is 9.85. The minimum absolute atomic E-state index is 0.0124. The van der Waals surface area contributed by atoms with E-state index in [0.717, 1.165) is 5.56 Å². The molecule has 1 aliphatic carbocycles. The highest BCUT2D eigenvalue weighted by Gasteiger charge is 2.42. The molecule has 1 heterocycles. The van der Waals surface area contributed by atoms with Crippen molar-refractivity contribution < 1.29 is 18.0 Å². The van der Waals surface area contributed by atoms with E-state index in [1.165, 1.54) is 4.90 Å². The fourth-order valence-corrected chi connectivity index (χ4v) is 3.29. The molecule has 0 bridgehead atoms. The summed E-state index contributed by atoms with van der Waals surface area (Å²) >= 11 is 1.55. The van der Waals surface area contributed by atoms with E-state index in [1.807, 2.05) is 16.8 Å². The molecule has 0 unspecified atom stereocenters. The fraction of sp³-hybridized carbons (Fsp3) is 0.643. The third kappa shape index (κ3) is 4.62. The number of carbonyl (C=O) groups is 1. The van der Waals surface area contributed by atoms with Crippen LogP contribution in [0.3, 0.4) is 0 Å². The Bertz CT molecular complexity index is 461. The minimum Gasteiger partial charge on any atom is -0.335 e. The van der Waals surface area contributed by atoms with Crippen molar-refractivity contribution in [2.75, 3.05) is 7.05 Å². The van der Waals surface area contributed by atoms with Gasteiger partial charge >= 0.3 is 12.2 Å². The van der Waals surface area contributed by atoms with Crippen LogP contribution in [0.25, 0.3) is 0 Å². The molecule has 118 valence electrons. The van der Waals surface area contributed by atoms with Gasteiger partial charge in [-0.2, -0.15) is 24.5 Å². The van der Waals surface area contributed by atoms with Gasteiger partial charge in [-0.15, -0.1) is 0 Å². The lowest BCUT2D eigenvalue weighted by Crippen LogP contribution is -2.46. The number of rotatable bonds is 3. The van der Waals surface area contributed by atoms with Gasteiger partial charge in [0.25, 0.3) is 0 Å². The van der Waals surface area contributed by atoms with Crippen LogP contribution in [-0.2, 0) is 6.54 Å². The third-order valence-corrected chi connectivity index (χ3v) is 4.54. The fourth-order valence-electron chi connectivity index (χ4n) is 2.63. The van der Waals surface area contributed by atoms with Gasteiger partial charge in [0.1, 0.15) is 0 Å². The zero-order valence-electron chi connectivity index (χ0n) is 11.8. The second-order valence-electron chi connectivity index (χ2n) is 5.54. The molecule has 1 aromatic heterocycles. The van der Waals surface area contributed by atoms with Crippen molar-refractivity contribution in [3.63, 3.8) is 0 Å². The molecule has 2 atom stereocenters. The molecule has 0 aromatic carbocycles. The maximum atomic E-state index is 12.7. The first-order valence-electron chi connectivity index (χ1n) is 6.95. The third-order valence-electron chi connectivity index (χ3n) is 3.81. The van der Waals surface area contributed by atoms with E-state index >= 15 is 0 Å². The number of hydrogen-bond acceptors (Lipinski definition) is 2. The first-order valence-corrected chi connectivity index (χ1v) is 7.90. The average molecular weight is 320 g/mol. The Morgan fingerprint density at radius 2 is 2.24 bits per heavy atom. The van der Waals surface area contributed by atoms with Crippen LogP contribution in [0.15, 0.2) is 16.8 Å². The van der Waals surface area contributed by atoms with Crippen molar-refractivity contribution in [1.82, 2.24) is 10.2 Å². The molecule has 1 saturated carbocycles. The topological polar surface area (TPSA) is 32.3 Å². The molecule has 2 rings (SSSR count). The van der Waals surface area contributed by atoms with Gasteiger partial charge in [-0.05, 0) is 41.7 Å². The number of hydrogen-bond donors (Lipinski definition) is 1. The van der Waals surface area contributed by atoms with Crippen molar-refractivity contribution in [3.8, 4) is 0 Å². The van der Waals surface area contributed by atoms with Gasteiger partial charge < -0.3 is 10.2 Å². The Morgan fingerprint density at radius 1 is 1.48 bits per heavy atom. The van der Waals surface area contributed by atoms with E-state index < -0.39 is 12.1 Å². The van der Waals surface area contributed by atoms with Gasteiger partial charge in [0.2, 0.25) is 0 Å². The second kappa shape index (κ2) is 6.68. The molecule has 0 spiro atoms. The highest BCUT2D eigenvalue weighted by Crippen LogP contribution is 2.37. The van der Waals surface area contributed by atoms with Crippen LogP contribution in [-0.4, -0.2) is 30.2 Å². The minimum atomic E-state index is -4.16. The van der Waals surface area contributed by atoms with Crippen LogP contribution in [0.1, 0.15) is 31.2 Å². The van der Waals surface area contributed by atoms with Gasteiger partial charge in [-0.3, -0.25) is 0 Å². The number of amides is 2. The van der Waals surface area contributed by atoms with Crippen molar-refractivity contribution in [1.29, 1.82) is 0 Å². The SMILES string of the molecule is CN(Cc1ccsc1)C(=O)N[C@H]1CCC[C@@H](C(F)(F)F)C1. The van der Waals surface area contributed by atoms with Crippen LogP contribution in [0.2, 0.25) is 0 Å². The average Bonchev–Trinajstić information content (AvgIpc) is 2.91. The molecule has 21 heavy (non-hydrogen) atoms. The summed E-state index contributed by atoms with van der Waals surface area (Å²) in [5, 5.41) is 6.60. The van der Waals surface area contributed by atoms with E-state index in [4.69, 9.17) is 0 Å². The zero-order valence-corrected chi connectivity index (χ0v) is 12.6. The van der Waals surface area contributed by atoms with Crippen LogP contribution >= 0.6 is 11.3 Å². The monoisotopic (exact) mass is 320 g/mol. The highest BCUT2D eigenvalue weighted by atomic mass is 32.1. The predicted octanol–water partition coefficient (Wildman–Crippen LogP) is 4.01. The molecular formula is C14H19F3N2OS. The van der Waals surface area contributed by atoms with E-state index in [2.05, 4.69) is 5.32 Å². The molecule has 3 nitrogen and oxygen atoms in total. The Morgan fingerprint density at radius 3 is 2.86 bits per heavy atom. The van der Waals surface area contributed by atoms with E-state index in [9.17, 15) is 18.0 Å². The lowest BCUT2D eigenvalue weighted by Gasteiger charge is -2.32. The van der Waals surface area contributed by atoms with Crippen molar-refractivity contribution in [2.24, 2.45) is 5.92 Å². The molecular weight excluding hydrogens is 301 g/mol. The molecule has 1 fully saturated rings. The number of nitrogens with one attached hydrogen (secondary N) is 1. The second-order valence-corrected chi connectivity index (χ2v) is 6.32. The lowest BCUT2D eigenvalue weighted by molar-refractivity contribution is -0.183. The van der Waals surface area contributed by atoms with Gasteiger partial charge in [0.15, 0.2) is 0 Å². The first-order chi connectivity index (χ1) is 9.86. The van der Waals surface area contributed by atoms with Crippen LogP contribution in [0.5, 0.6) is 0 Å². The summed E-state index contributed by atoms with van der Waals surface area (Å²) in [6.07, 6.45) is -2.89. The maximum absolute atomic E-state index is 12.7.